The van der Waals surface area contributed by atoms with E-state index in [1.54, 1.807) is 46.4 Å². The molecule has 0 spiro atoms. The molecule has 4 rings (SSSR count). The van der Waals surface area contributed by atoms with Crippen LogP contribution in [0.2, 0.25) is 0 Å². The summed E-state index contributed by atoms with van der Waals surface area (Å²) in [4.78, 5) is 36.7. The summed E-state index contributed by atoms with van der Waals surface area (Å²) in [6.45, 7) is 5.04. The van der Waals surface area contributed by atoms with E-state index in [1.807, 2.05) is 12.1 Å². The third-order valence-corrected chi connectivity index (χ3v) is 5.62. The Bertz CT molecular complexity index is 1070. The molecule has 1 amide bonds. The molecule has 2 aromatic heterocycles. The van der Waals surface area contributed by atoms with Gasteiger partial charge in [0.25, 0.3) is 11.6 Å². The van der Waals surface area contributed by atoms with Crippen LogP contribution in [0.5, 0.6) is 0 Å². The molecule has 3 aromatic rings. The second-order valence-corrected chi connectivity index (χ2v) is 7.82. The molecule has 1 aliphatic heterocycles. The molecule has 0 radical (unpaired) electrons. The van der Waals surface area contributed by atoms with Gasteiger partial charge >= 0.3 is 0 Å². The molecule has 0 aliphatic carbocycles. The number of amides is 1. The van der Waals surface area contributed by atoms with Crippen LogP contribution in [0.3, 0.4) is 0 Å². The van der Waals surface area contributed by atoms with Gasteiger partial charge in [-0.1, -0.05) is 0 Å². The number of hydrogen-bond acceptors (Lipinski definition) is 7. The van der Waals surface area contributed by atoms with Gasteiger partial charge in [0.15, 0.2) is 0 Å². The smallest absolute Gasteiger partial charge is 0.294 e. The summed E-state index contributed by atoms with van der Waals surface area (Å²) in [5.74, 6) is -0.242. The fourth-order valence-electron chi connectivity index (χ4n) is 3.88. The highest BCUT2D eigenvalue weighted by Gasteiger charge is 2.22. The van der Waals surface area contributed by atoms with E-state index in [1.165, 1.54) is 12.4 Å². The molecule has 0 unspecified atom stereocenters. The van der Waals surface area contributed by atoms with Crippen molar-refractivity contribution in [2.75, 3.05) is 39.4 Å². The summed E-state index contributed by atoms with van der Waals surface area (Å²) in [5, 5.41) is 11.7. The van der Waals surface area contributed by atoms with Gasteiger partial charge in [-0.25, -0.2) is 4.98 Å². The lowest BCUT2D eigenvalue weighted by molar-refractivity contribution is -0.384. The molecule has 10 heteroatoms. The standard InChI is InChI=1S/C23H26N6O4/c30-23(20-2-3-21(22(16-20)29(31)32)28-11-8-25-18-28)27(17-19-4-6-24-7-5-19)10-1-9-26-12-14-33-15-13-26/h2-8,11,16,18H,1,9-10,12-15,17H2. The molecule has 172 valence electrons. The van der Waals surface area contributed by atoms with Crippen LogP contribution in [0.4, 0.5) is 5.69 Å². The lowest BCUT2D eigenvalue weighted by Crippen LogP contribution is -2.39. The van der Waals surface area contributed by atoms with Crippen molar-refractivity contribution in [2.45, 2.75) is 13.0 Å². The van der Waals surface area contributed by atoms with E-state index >= 15 is 0 Å². The van der Waals surface area contributed by atoms with Crippen LogP contribution in [0.1, 0.15) is 22.3 Å². The number of carbonyl (C=O) groups is 1. The van der Waals surface area contributed by atoms with Gasteiger partial charge in [0.1, 0.15) is 5.69 Å². The summed E-state index contributed by atoms with van der Waals surface area (Å²) in [7, 11) is 0. The number of nitro benzene ring substituents is 1. The zero-order valence-corrected chi connectivity index (χ0v) is 18.2. The number of benzene rings is 1. The third kappa shape index (κ3) is 5.79. The lowest BCUT2D eigenvalue weighted by Gasteiger charge is -2.28. The average Bonchev–Trinajstić information content (AvgIpc) is 3.39. The monoisotopic (exact) mass is 450 g/mol. The van der Waals surface area contributed by atoms with Crippen molar-refractivity contribution in [3.8, 4) is 5.69 Å². The minimum atomic E-state index is -0.474. The van der Waals surface area contributed by atoms with Crippen LogP contribution in [0.25, 0.3) is 5.69 Å². The van der Waals surface area contributed by atoms with E-state index in [2.05, 4.69) is 14.9 Å². The van der Waals surface area contributed by atoms with Crippen molar-refractivity contribution in [3.63, 3.8) is 0 Å². The topological polar surface area (TPSA) is 107 Å². The van der Waals surface area contributed by atoms with Gasteiger partial charge in [-0.05, 0) is 36.2 Å². The Morgan fingerprint density at radius 2 is 1.91 bits per heavy atom. The van der Waals surface area contributed by atoms with Crippen LogP contribution in [-0.2, 0) is 11.3 Å². The van der Waals surface area contributed by atoms with Crippen molar-refractivity contribution in [1.82, 2.24) is 24.3 Å². The number of imidazole rings is 1. The molecule has 1 fully saturated rings. The van der Waals surface area contributed by atoms with Gasteiger partial charge < -0.3 is 14.2 Å². The Labute approximate surface area is 191 Å². The first kappa shape index (κ1) is 22.6. The number of ether oxygens (including phenoxy) is 1. The van der Waals surface area contributed by atoms with Crippen molar-refractivity contribution in [1.29, 1.82) is 0 Å². The maximum absolute atomic E-state index is 13.4. The number of carbonyl (C=O) groups excluding carboxylic acids is 1. The molecule has 0 atom stereocenters. The van der Waals surface area contributed by atoms with E-state index in [-0.39, 0.29) is 17.2 Å². The molecular weight excluding hydrogens is 424 g/mol. The van der Waals surface area contributed by atoms with Gasteiger partial charge in [-0.3, -0.25) is 24.8 Å². The van der Waals surface area contributed by atoms with E-state index in [0.29, 0.717) is 18.8 Å². The number of pyridine rings is 1. The van der Waals surface area contributed by atoms with E-state index in [4.69, 9.17) is 4.74 Å². The van der Waals surface area contributed by atoms with Gasteiger partial charge in [0.05, 0.1) is 24.5 Å². The molecule has 10 nitrogen and oxygen atoms in total. The summed E-state index contributed by atoms with van der Waals surface area (Å²) in [6.07, 6.45) is 8.85. The van der Waals surface area contributed by atoms with Crippen molar-refractivity contribution in [3.05, 3.63) is 82.7 Å². The highest BCUT2D eigenvalue weighted by molar-refractivity contribution is 5.95. The second kappa shape index (κ2) is 10.8. The number of hydrogen-bond donors (Lipinski definition) is 0. The molecule has 0 bridgehead atoms. The number of nitro groups is 1. The maximum Gasteiger partial charge on any atom is 0.294 e. The van der Waals surface area contributed by atoms with Crippen LogP contribution in [0, 0.1) is 10.1 Å². The molecule has 0 N–H and O–H groups in total. The fourth-order valence-corrected chi connectivity index (χ4v) is 3.88. The minimum Gasteiger partial charge on any atom is -0.379 e. The molecular formula is C23H26N6O4. The second-order valence-electron chi connectivity index (χ2n) is 7.82. The first-order valence-electron chi connectivity index (χ1n) is 10.9. The molecule has 33 heavy (non-hydrogen) atoms. The highest BCUT2D eigenvalue weighted by Crippen LogP contribution is 2.25. The summed E-state index contributed by atoms with van der Waals surface area (Å²) < 4.78 is 6.96. The zero-order chi connectivity index (χ0) is 23.0. The Balaban J connectivity index is 1.54. The van der Waals surface area contributed by atoms with Crippen molar-refractivity contribution in [2.24, 2.45) is 0 Å². The molecule has 1 aliphatic rings. The molecule has 0 saturated carbocycles. The predicted molar refractivity (Wildman–Crippen MR) is 121 cm³/mol. The summed E-state index contributed by atoms with van der Waals surface area (Å²) in [6, 6.07) is 8.30. The van der Waals surface area contributed by atoms with Gasteiger partial charge in [-0.15, -0.1) is 0 Å². The highest BCUT2D eigenvalue weighted by atomic mass is 16.6. The summed E-state index contributed by atoms with van der Waals surface area (Å²) >= 11 is 0. The van der Waals surface area contributed by atoms with Crippen molar-refractivity contribution < 1.29 is 14.5 Å². The number of nitrogens with zero attached hydrogens (tertiary/aromatic N) is 6. The summed E-state index contributed by atoms with van der Waals surface area (Å²) in [5.41, 5.74) is 1.46. The molecule has 3 heterocycles. The minimum absolute atomic E-state index is 0.143. The quantitative estimate of drug-likeness (QED) is 0.364. The molecule has 1 aromatic carbocycles. The van der Waals surface area contributed by atoms with Gasteiger partial charge in [-0.2, -0.15) is 0 Å². The van der Waals surface area contributed by atoms with Crippen LogP contribution in [-0.4, -0.2) is 74.6 Å². The Morgan fingerprint density at radius 1 is 1.12 bits per heavy atom. The predicted octanol–water partition coefficient (Wildman–Crippen LogP) is 2.54. The Kier molecular flexibility index (Phi) is 7.38. The normalized spacial score (nSPS) is 14.2. The van der Waals surface area contributed by atoms with E-state index in [9.17, 15) is 14.9 Å². The largest absolute Gasteiger partial charge is 0.379 e. The fraction of sp³-hybridized carbons (Fsp3) is 0.348. The maximum atomic E-state index is 13.4. The Hall–Kier alpha value is -3.63. The van der Waals surface area contributed by atoms with Crippen LogP contribution < -0.4 is 0 Å². The lowest BCUT2D eigenvalue weighted by atomic mass is 10.1. The zero-order valence-electron chi connectivity index (χ0n) is 18.2. The van der Waals surface area contributed by atoms with Gasteiger partial charge in [0.2, 0.25) is 0 Å². The SMILES string of the molecule is O=C(c1ccc(-n2ccnc2)c([N+](=O)[O-])c1)N(CCCN1CCOCC1)Cc1ccncc1. The number of morpholine rings is 1. The van der Waals surface area contributed by atoms with E-state index < -0.39 is 4.92 Å². The molecule has 1 saturated heterocycles. The van der Waals surface area contributed by atoms with Crippen LogP contribution in [0.15, 0.2) is 61.4 Å². The first-order valence-corrected chi connectivity index (χ1v) is 10.9. The number of aromatic nitrogens is 3. The Morgan fingerprint density at radius 3 is 2.61 bits per heavy atom. The number of rotatable bonds is 9. The van der Waals surface area contributed by atoms with E-state index in [0.717, 1.165) is 44.8 Å². The average molecular weight is 450 g/mol. The van der Waals surface area contributed by atoms with Crippen LogP contribution >= 0.6 is 0 Å². The first-order chi connectivity index (χ1) is 16.1. The van der Waals surface area contributed by atoms with Crippen molar-refractivity contribution >= 4 is 11.6 Å². The third-order valence-electron chi connectivity index (χ3n) is 5.62. The van der Waals surface area contributed by atoms with Gasteiger partial charge in [0, 0.05) is 69.1 Å².